The summed E-state index contributed by atoms with van der Waals surface area (Å²) in [7, 11) is 0. The quantitative estimate of drug-likeness (QED) is 0.788. The first-order valence-electron chi connectivity index (χ1n) is 7.28. The zero-order valence-electron chi connectivity index (χ0n) is 13.1. The van der Waals surface area contributed by atoms with Crippen LogP contribution in [0.3, 0.4) is 0 Å². The minimum Gasteiger partial charge on any atom is -0.444 e. The van der Waals surface area contributed by atoms with E-state index in [0.29, 0.717) is 43.7 Å². The standard InChI is InChI=1S/C16H21FN2O3/c1-16(2,3)22-15(21)19-8-6-18(7-9-19)14-5-4-12(11-20)10-13(14)17/h4-5,10-11H,6-9H2,1-3H3. The maximum Gasteiger partial charge on any atom is 0.410 e. The molecule has 5 nitrogen and oxygen atoms in total. The Kier molecular flexibility index (Phi) is 4.68. The number of halogens is 1. The van der Waals surface area contributed by atoms with Crippen LogP contribution in [0.15, 0.2) is 18.2 Å². The summed E-state index contributed by atoms with van der Waals surface area (Å²) in [6.07, 6.45) is 0.275. The maximum absolute atomic E-state index is 14.0. The van der Waals surface area contributed by atoms with Crippen LogP contribution in [0.1, 0.15) is 31.1 Å². The van der Waals surface area contributed by atoms with Crippen LogP contribution in [0.2, 0.25) is 0 Å². The highest BCUT2D eigenvalue weighted by atomic mass is 19.1. The summed E-state index contributed by atoms with van der Waals surface area (Å²) in [5, 5.41) is 0. The highest BCUT2D eigenvalue weighted by Gasteiger charge is 2.26. The molecule has 0 atom stereocenters. The number of rotatable bonds is 2. The summed E-state index contributed by atoms with van der Waals surface area (Å²) >= 11 is 0. The van der Waals surface area contributed by atoms with Crippen LogP contribution in [-0.4, -0.2) is 49.1 Å². The highest BCUT2D eigenvalue weighted by molar-refractivity contribution is 5.76. The largest absolute Gasteiger partial charge is 0.444 e. The van der Waals surface area contributed by atoms with Crippen molar-refractivity contribution < 1.29 is 18.7 Å². The van der Waals surface area contributed by atoms with Gasteiger partial charge in [-0.1, -0.05) is 0 Å². The molecule has 1 aliphatic heterocycles. The van der Waals surface area contributed by atoms with Crippen LogP contribution >= 0.6 is 0 Å². The lowest BCUT2D eigenvalue weighted by Crippen LogP contribution is -2.50. The number of piperazine rings is 1. The Bertz CT molecular complexity index is 561. The van der Waals surface area contributed by atoms with E-state index in [9.17, 15) is 14.0 Å². The van der Waals surface area contributed by atoms with Crippen molar-refractivity contribution in [3.8, 4) is 0 Å². The van der Waals surface area contributed by atoms with Crippen LogP contribution in [0.4, 0.5) is 14.9 Å². The summed E-state index contributed by atoms with van der Waals surface area (Å²) < 4.78 is 19.3. The van der Waals surface area contributed by atoms with Gasteiger partial charge in [-0.05, 0) is 39.0 Å². The maximum atomic E-state index is 14.0. The van der Waals surface area contributed by atoms with Gasteiger partial charge < -0.3 is 14.5 Å². The second-order valence-electron chi connectivity index (χ2n) is 6.28. The van der Waals surface area contributed by atoms with Gasteiger partial charge >= 0.3 is 6.09 Å². The monoisotopic (exact) mass is 308 g/mol. The van der Waals surface area contributed by atoms with Gasteiger partial charge in [-0.25, -0.2) is 9.18 Å². The summed E-state index contributed by atoms with van der Waals surface area (Å²) in [6.45, 7) is 7.47. The number of ether oxygens (including phenoxy) is 1. The van der Waals surface area contributed by atoms with Gasteiger partial charge in [-0.15, -0.1) is 0 Å². The van der Waals surface area contributed by atoms with E-state index in [2.05, 4.69) is 0 Å². The Hall–Kier alpha value is -2.11. The van der Waals surface area contributed by atoms with E-state index < -0.39 is 11.4 Å². The fourth-order valence-electron chi connectivity index (χ4n) is 2.31. The molecule has 1 aliphatic rings. The summed E-state index contributed by atoms with van der Waals surface area (Å²) in [6, 6.07) is 4.41. The molecule has 0 unspecified atom stereocenters. The van der Waals surface area contributed by atoms with Crippen molar-refractivity contribution >= 4 is 18.1 Å². The van der Waals surface area contributed by atoms with E-state index in [4.69, 9.17) is 4.74 Å². The number of aldehydes is 1. The predicted molar refractivity (Wildman–Crippen MR) is 81.8 cm³/mol. The molecule has 1 fully saturated rings. The second kappa shape index (κ2) is 6.34. The number of nitrogens with zero attached hydrogens (tertiary/aromatic N) is 2. The lowest BCUT2D eigenvalue weighted by molar-refractivity contribution is 0.0240. The number of amides is 1. The molecule has 1 saturated heterocycles. The molecule has 1 amide bonds. The average Bonchev–Trinajstić information content (AvgIpc) is 2.45. The van der Waals surface area contributed by atoms with E-state index in [0.717, 1.165) is 0 Å². The van der Waals surface area contributed by atoms with Crippen molar-refractivity contribution in [3.63, 3.8) is 0 Å². The van der Waals surface area contributed by atoms with Crippen LogP contribution in [0.25, 0.3) is 0 Å². The lowest BCUT2D eigenvalue weighted by Gasteiger charge is -2.36. The van der Waals surface area contributed by atoms with Crippen molar-refractivity contribution in [2.45, 2.75) is 26.4 Å². The second-order valence-corrected chi connectivity index (χ2v) is 6.28. The van der Waals surface area contributed by atoms with Gasteiger partial charge in [0.25, 0.3) is 0 Å². The Labute approximate surface area is 129 Å². The molecule has 0 saturated carbocycles. The molecule has 0 N–H and O–H groups in total. The van der Waals surface area contributed by atoms with E-state index in [-0.39, 0.29) is 6.09 Å². The highest BCUT2D eigenvalue weighted by Crippen LogP contribution is 2.22. The van der Waals surface area contributed by atoms with Gasteiger partial charge in [-0.3, -0.25) is 4.79 Å². The van der Waals surface area contributed by atoms with Crippen LogP contribution in [0.5, 0.6) is 0 Å². The first-order valence-corrected chi connectivity index (χ1v) is 7.28. The molecule has 6 heteroatoms. The van der Waals surface area contributed by atoms with Gasteiger partial charge in [-0.2, -0.15) is 0 Å². The van der Waals surface area contributed by atoms with E-state index in [1.807, 2.05) is 25.7 Å². The molecule has 0 radical (unpaired) electrons. The van der Waals surface area contributed by atoms with Crippen molar-refractivity contribution in [3.05, 3.63) is 29.6 Å². The third-order valence-corrected chi connectivity index (χ3v) is 3.38. The molecule has 120 valence electrons. The topological polar surface area (TPSA) is 49.9 Å². The van der Waals surface area contributed by atoms with Crippen LogP contribution in [0, 0.1) is 5.82 Å². The fourth-order valence-corrected chi connectivity index (χ4v) is 2.31. The third-order valence-electron chi connectivity index (χ3n) is 3.38. The minimum absolute atomic E-state index is 0.314. The zero-order valence-corrected chi connectivity index (χ0v) is 13.1. The summed E-state index contributed by atoms with van der Waals surface area (Å²) in [5.41, 5.74) is 0.244. The van der Waals surface area contributed by atoms with Gasteiger partial charge in [0.05, 0.1) is 5.69 Å². The zero-order chi connectivity index (χ0) is 16.3. The third kappa shape index (κ3) is 3.96. The molecule has 1 aromatic carbocycles. The molecule has 0 aliphatic carbocycles. The van der Waals surface area contributed by atoms with Crippen molar-refractivity contribution in [2.75, 3.05) is 31.1 Å². The molecular formula is C16H21FN2O3. The van der Waals surface area contributed by atoms with Gasteiger partial charge in [0, 0.05) is 31.7 Å². The summed E-state index contributed by atoms with van der Waals surface area (Å²) in [4.78, 5) is 26.1. The Morgan fingerprint density at radius 2 is 1.86 bits per heavy atom. The first-order chi connectivity index (χ1) is 10.3. The molecule has 0 aromatic heterocycles. The van der Waals surface area contributed by atoms with Crippen molar-refractivity contribution in [2.24, 2.45) is 0 Å². The Morgan fingerprint density at radius 3 is 2.36 bits per heavy atom. The van der Waals surface area contributed by atoms with Gasteiger partial charge in [0.1, 0.15) is 17.7 Å². The Morgan fingerprint density at radius 1 is 1.23 bits per heavy atom. The normalized spacial score (nSPS) is 15.6. The number of hydrogen-bond acceptors (Lipinski definition) is 4. The van der Waals surface area contributed by atoms with Gasteiger partial charge in [0.15, 0.2) is 0 Å². The predicted octanol–water partition coefficient (Wildman–Crippen LogP) is 2.70. The molecular weight excluding hydrogens is 287 g/mol. The molecule has 2 rings (SSSR count). The van der Waals surface area contributed by atoms with Crippen molar-refractivity contribution in [1.29, 1.82) is 0 Å². The van der Waals surface area contributed by atoms with E-state index in [1.54, 1.807) is 17.0 Å². The van der Waals surface area contributed by atoms with E-state index >= 15 is 0 Å². The SMILES string of the molecule is CC(C)(C)OC(=O)N1CCN(c2ccc(C=O)cc2F)CC1. The molecule has 22 heavy (non-hydrogen) atoms. The van der Waals surface area contributed by atoms with Crippen molar-refractivity contribution in [1.82, 2.24) is 4.90 Å². The van der Waals surface area contributed by atoms with Gasteiger partial charge in [0.2, 0.25) is 0 Å². The minimum atomic E-state index is -0.523. The molecule has 0 spiro atoms. The molecule has 1 heterocycles. The van der Waals surface area contributed by atoms with E-state index in [1.165, 1.54) is 6.07 Å². The molecule has 1 aromatic rings. The fraction of sp³-hybridized carbons (Fsp3) is 0.500. The molecule has 0 bridgehead atoms. The lowest BCUT2D eigenvalue weighted by atomic mass is 10.2. The van der Waals surface area contributed by atoms with Crippen LogP contribution in [-0.2, 0) is 4.74 Å². The number of anilines is 1. The number of benzene rings is 1. The number of hydrogen-bond donors (Lipinski definition) is 0. The number of carbonyl (C=O) groups is 2. The Balaban J connectivity index is 1.97. The average molecular weight is 308 g/mol. The van der Waals surface area contributed by atoms with Crippen LogP contribution < -0.4 is 4.90 Å². The summed E-state index contributed by atoms with van der Waals surface area (Å²) in [5.74, 6) is -0.421. The first kappa shape index (κ1) is 16.3. The number of carbonyl (C=O) groups excluding carboxylic acids is 2. The smallest absolute Gasteiger partial charge is 0.410 e.